The van der Waals surface area contributed by atoms with Gasteiger partial charge in [-0.1, -0.05) is 0 Å². The van der Waals surface area contributed by atoms with Crippen LogP contribution in [0.15, 0.2) is 28.4 Å². The Kier molecular flexibility index (Phi) is 3.27. The molecule has 1 heterocycles. The lowest BCUT2D eigenvalue weighted by atomic mass is 10.0. The molecule has 0 amide bonds. The molecular weight excluding hydrogens is 218 g/mol. The molecule has 1 aromatic carbocycles. The van der Waals surface area contributed by atoms with Crippen molar-refractivity contribution in [3.63, 3.8) is 0 Å². The molecule has 1 aromatic rings. The molecule has 0 unspecified atom stereocenters. The Morgan fingerprint density at radius 1 is 1.00 bits per heavy atom. The van der Waals surface area contributed by atoms with E-state index in [9.17, 15) is 0 Å². The van der Waals surface area contributed by atoms with Gasteiger partial charge in [0, 0.05) is 18.1 Å². The SMILES string of the molecule is COc1cc(OC)cc(C2=NN=C(N)CC2)c1. The quantitative estimate of drug-likeness (QED) is 0.861. The fourth-order valence-corrected chi connectivity index (χ4v) is 1.65. The highest BCUT2D eigenvalue weighted by Crippen LogP contribution is 2.24. The summed E-state index contributed by atoms with van der Waals surface area (Å²) < 4.78 is 10.4. The molecule has 17 heavy (non-hydrogen) atoms. The number of methoxy groups -OCH3 is 2. The van der Waals surface area contributed by atoms with Crippen LogP contribution in [0.2, 0.25) is 0 Å². The summed E-state index contributed by atoms with van der Waals surface area (Å²) in [6.45, 7) is 0. The van der Waals surface area contributed by atoms with Gasteiger partial charge in [-0.25, -0.2) is 0 Å². The Bertz CT molecular complexity index is 458. The van der Waals surface area contributed by atoms with Crippen molar-refractivity contribution in [3.05, 3.63) is 23.8 Å². The predicted octanol–water partition coefficient (Wildman–Crippen LogP) is 1.56. The number of rotatable bonds is 3. The van der Waals surface area contributed by atoms with Gasteiger partial charge in [0.15, 0.2) is 0 Å². The molecule has 0 radical (unpaired) electrons. The number of nitrogens with two attached hydrogens (primary N) is 1. The largest absolute Gasteiger partial charge is 0.497 e. The van der Waals surface area contributed by atoms with E-state index in [-0.39, 0.29) is 0 Å². The lowest BCUT2D eigenvalue weighted by molar-refractivity contribution is 0.394. The minimum absolute atomic E-state index is 0.573. The van der Waals surface area contributed by atoms with Gasteiger partial charge in [-0.15, -0.1) is 5.10 Å². The molecule has 5 nitrogen and oxygen atoms in total. The number of benzene rings is 1. The van der Waals surface area contributed by atoms with Crippen molar-refractivity contribution in [3.8, 4) is 11.5 Å². The zero-order valence-corrected chi connectivity index (χ0v) is 9.93. The minimum Gasteiger partial charge on any atom is -0.497 e. The molecule has 90 valence electrons. The van der Waals surface area contributed by atoms with E-state index in [2.05, 4.69) is 10.2 Å². The lowest BCUT2D eigenvalue weighted by Gasteiger charge is -2.12. The van der Waals surface area contributed by atoms with Crippen LogP contribution in [-0.4, -0.2) is 25.8 Å². The van der Waals surface area contributed by atoms with Crippen LogP contribution in [0.4, 0.5) is 0 Å². The van der Waals surface area contributed by atoms with Gasteiger partial charge in [0.25, 0.3) is 0 Å². The van der Waals surface area contributed by atoms with E-state index >= 15 is 0 Å². The first-order chi connectivity index (χ1) is 8.22. The first-order valence-electron chi connectivity index (χ1n) is 5.35. The summed E-state index contributed by atoms with van der Waals surface area (Å²) in [5.41, 5.74) is 7.44. The van der Waals surface area contributed by atoms with Crippen molar-refractivity contribution in [2.45, 2.75) is 12.8 Å². The van der Waals surface area contributed by atoms with E-state index in [0.29, 0.717) is 5.84 Å². The minimum atomic E-state index is 0.573. The van der Waals surface area contributed by atoms with Crippen molar-refractivity contribution in [2.75, 3.05) is 14.2 Å². The van der Waals surface area contributed by atoms with Crippen LogP contribution in [0.3, 0.4) is 0 Å². The second-order valence-corrected chi connectivity index (χ2v) is 3.74. The van der Waals surface area contributed by atoms with Crippen LogP contribution >= 0.6 is 0 Å². The zero-order valence-electron chi connectivity index (χ0n) is 9.93. The lowest BCUT2D eigenvalue weighted by Crippen LogP contribution is -2.17. The summed E-state index contributed by atoms with van der Waals surface area (Å²) in [6, 6.07) is 5.65. The molecule has 0 atom stereocenters. The van der Waals surface area contributed by atoms with Crippen molar-refractivity contribution < 1.29 is 9.47 Å². The smallest absolute Gasteiger partial charge is 0.123 e. The van der Waals surface area contributed by atoms with Gasteiger partial charge in [0.2, 0.25) is 0 Å². The van der Waals surface area contributed by atoms with Crippen LogP contribution in [0.5, 0.6) is 11.5 Å². The van der Waals surface area contributed by atoms with Crippen LogP contribution in [0.1, 0.15) is 18.4 Å². The predicted molar refractivity (Wildman–Crippen MR) is 66.9 cm³/mol. The fourth-order valence-electron chi connectivity index (χ4n) is 1.65. The van der Waals surface area contributed by atoms with Crippen LogP contribution in [0.25, 0.3) is 0 Å². The average molecular weight is 233 g/mol. The van der Waals surface area contributed by atoms with E-state index in [1.54, 1.807) is 14.2 Å². The second-order valence-electron chi connectivity index (χ2n) is 3.74. The van der Waals surface area contributed by atoms with Gasteiger partial charge < -0.3 is 15.2 Å². The van der Waals surface area contributed by atoms with Gasteiger partial charge in [-0.2, -0.15) is 5.10 Å². The summed E-state index contributed by atoms with van der Waals surface area (Å²) in [6.07, 6.45) is 1.52. The molecule has 1 aliphatic heterocycles. The van der Waals surface area contributed by atoms with Crippen LogP contribution in [-0.2, 0) is 0 Å². The van der Waals surface area contributed by atoms with E-state index < -0.39 is 0 Å². The third kappa shape index (κ3) is 2.55. The van der Waals surface area contributed by atoms with Crippen molar-refractivity contribution in [1.29, 1.82) is 0 Å². The second kappa shape index (κ2) is 4.86. The standard InChI is InChI=1S/C12H15N3O2/c1-16-9-5-8(6-10(7-9)17-2)11-3-4-12(13)15-14-11/h5-7H,3-4H2,1-2H3,(H2,13,15). The normalized spacial score (nSPS) is 14.9. The van der Waals surface area contributed by atoms with Gasteiger partial charge in [-0.3, -0.25) is 0 Å². The molecule has 0 saturated carbocycles. The maximum Gasteiger partial charge on any atom is 0.123 e. The molecule has 0 saturated heterocycles. The number of hydrogen-bond acceptors (Lipinski definition) is 5. The fraction of sp³-hybridized carbons (Fsp3) is 0.333. The molecular formula is C12H15N3O2. The van der Waals surface area contributed by atoms with Crippen molar-refractivity contribution >= 4 is 11.5 Å². The summed E-state index contributed by atoms with van der Waals surface area (Å²) in [4.78, 5) is 0. The van der Waals surface area contributed by atoms with E-state index in [0.717, 1.165) is 35.6 Å². The molecule has 0 spiro atoms. The number of ether oxygens (including phenoxy) is 2. The summed E-state index contributed by atoms with van der Waals surface area (Å²) in [5.74, 6) is 2.05. The summed E-state index contributed by atoms with van der Waals surface area (Å²) in [7, 11) is 3.24. The van der Waals surface area contributed by atoms with E-state index in [4.69, 9.17) is 15.2 Å². The van der Waals surface area contributed by atoms with Crippen LogP contribution in [0, 0.1) is 0 Å². The van der Waals surface area contributed by atoms with Crippen LogP contribution < -0.4 is 15.2 Å². The van der Waals surface area contributed by atoms with E-state index in [1.165, 1.54) is 0 Å². The molecule has 0 aromatic heterocycles. The highest BCUT2D eigenvalue weighted by atomic mass is 16.5. The zero-order chi connectivity index (χ0) is 12.3. The topological polar surface area (TPSA) is 69.2 Å². The average Bonchev–Trinajstić information content (AvgIpc) is 2.39. The summed E-state index contributed by atoms with van der Waals surface area (Å²) >= 11 is 0. The molecule has 1 aliphatic rings. The maximum absolute atomic E-state index is 5.58. The molecule has 0 fully saturated rings. The van der Waals surface area contributed by atoms with Gasteiger partial charge >= 0.3 is 0 Å². The van der Waals surface area contributed by atoms with Gasteiger partial charge in [0.1, 0.15) is 17.3 Å². The monoisotopic (exact) mass is 233 g/mol. The van der Waals surface area contributed by atoms with Crippen molar-refractivity contribution in [2.24, 2.45) is 15.9 Å². The highest BCUT2D eigenvalue weighted by molar-refractivity contribution is 6.04. The van der Waals surface area contributed by atoms with Gasteiger partial charge in [-0.05, 0) is 18.6 Å². The summed E-state index contributed by atoms with van der Waals surface area (Å²) in [5, 5.41) is 8.00. The molecule has 0 aliphatic carbocycles. The molecule has 0 bridgehead atoms. The third-order valence-electron chi connectivity index (χ3n) is 2.60. The number of hydrogen-bond donors (Lipinski definition) is 1. The number of amidine groups is 1. The van der Waals surface area contributed by atoms with E-state index in [1.807, 2.05) is 18.2 Å². The molecule has 2 N–H and O–H groups in total. The number of nitrogens with zero attached hydrogens (tertiary/aromatic N) is 2. The Balaban J connectivity index is 2.38. The first-order valence-corrected chi connectivity index (χ1v) is 5.35. The Morgan fingerprint density at radius 2 is 1.65 bits per heavy atom. The maximum atomic E-state index is 5.58. The molecule has 5 heteroatoms. The Labute approximate surface area is 99.9 Å². The molecule has 2 rings (SSSR count). The Morgan fingerprint density at radius 3 is 2.12 bits per heavy atom. The first kappa shape index (κ1) is 11.4. The highest BCUT2D eigenvalue weighted by Gasteiger charge is 2.12. The third-order valence-corrected chi connectivity index (χ3v) is 2.60. The van der Waals surface area contributed by atoms with Crippen molar-refractivity contribution in [1.82, 2.24) is 0 Å². The Hall–Kier alpha value is -2.04. The van der Waals surface area contributed by atoms with Gasteiger partial charge in [0.05, 0.1) is 19.9 Å².